The molecule has 0 atom stereocenters. The van der Waals surface area contributed by atoms with E-state index in [0.717, 1.165) is 31.9 Å². The monoisotopic (exact) mass is 226 g/mol. The second-order valence-electron chi connectivity index (χ2n) is 3.86. The third-order valence-electron chi connectivity index (χ3n) is 2.72. The Morgan fingerprint density at radius 1 is 1.33 bits per heavy atom. The van der Waals surface area contributed by atoms with E-state index in [-0.39, 0.29) is 0 Å². The van der Waals surface area contributed by atoms with E-state index in [0.29, 0.717) is 10.8 Å². The Bertz CT molecular complexity index is 347. The summed E-state index contributed by atoms with van der Waals surface area (Å²) < 4.78 is 0. The topological polar surface area (TPSA) is 45.4 Å². The summed E-state index contributed by atoms with van der Waals surface area (Å²) in [4.78, 5) is 8.51. The van der Waals surface area contributed by atoms with Crippen molar-refractivity contribution in [3.63, 3.8) is 0 Å². The molecule has 1 fully saturated rings. The van der Waals surface area contributed by atoms with Crippen LogP contribution in [-0.4, -0.2) is 43.1 Å². The highest BCUT2D eigenvalue weighted by atomic mass is 35.5. The molecule has 1 aliphatic rings. The predicted molar refractivity (Wildman–Crippen MR) is 63.4 cm³/mol. The molecular formula is C10H15ClN4. The molecule has 1 aromatic heterocycles. The van der Waals surface area contributed by atoms with Gasteiger partial charge in [-0.3, -0.25) is 0 Å². The van der Waals surface area contributed by atoms with Crippen molar-refractivity contribution in [1.82, 2.24) is 9.88 Å². The van der Waals surface area contributed by atoms with Crippen LogP contribution in [0.4, 0.5) is 11.4 Å². The van der Waals surface area contributed by atoms with Crippen LogP contribution in [-0.2, 0) is 0 Å². The van der Waals surface area contributed by atoms with Crippen molar-refractivity contribution < 1.29 is 0 Å². The first-order chi connectivity index (χ1) is 7.16. The maximum atomic E-state index is 5.88. The quantitative estimate of drug-likeness (QED) is 0.728. The number of pyridine rings is 1. The maximum Gasteiger partial charge on any atom is 0.131 e. The Morgan fingerprint density at radius 2 is 2.00 bits per heavy atom. The lowest BCUT2D eigenvalue weighted by molar-refractivity contribution is 0.313. The SMILES string of the molecule is CN1CCN(c2cc(Cl)ncc2N)CC1. The number of rotatable bonds is 1. The van der Waals surface area contributed by atoms with Crippen LogP contribution < -0.4 is 10.6 Å². The Labute approximate surface area is 94.6 Å². The number of nitrogens with zero attached hydrogens (tertiary/aromatic N) is 3. The Hall–Kier alpha value is -1.00. The molecule has 2 N–H and O–H groups in total. The zero-order chi connectivity index (χ0) is 10.8. The van der Waals surface area contributed by atoms with Gasteiger partial charge in [-0.25, -0.2) is 4.98 Å². The summed E-state index contributed by atoms with van der Waals surface area (Å²) in [6, 6.07) is 1.84. The number of nitrogens with two attached hydrogens (primary N) is 1. The average molecular weight is 227 g/mol. The molecule has 2 rings (SSSR count). The highest BCUT2D eigenvalue weighted by Crippen LogP contribution is 2.25. The van der Waals surface area contributed by atoms with E-state index in [9.17, 15) is 0 Å². The summed E-state index contributed by atoms with van der Waals surface area (Å²) in [5.41, 5.74) is 7.58. The Morgan fingerprint density at radius 3 is 2.67 bits per heavy atom. The standard InChI is InChI=1S/C10H15ClN4/c1-14-2-4-15(5-3-14)9-6-10(11)13-7-8(9)12/h6-7H,2-5,12H2,1H3. The van der Waals surface area contributed by atoms with E-state index < -0.39 is 0 Å². The van der Waals surface area contributed by atoms with Gasteiger partial charge in [0.1, 0.15) is 5.15 Å². The van der Waals surface area contributed by atoms with Gasteiger partial charge in [0, 0.05) is 32.2 Å². The van der Waals surface area contributed by atoms with Gasteiger partial charge in [-0.05, 0) is 7.05 Å². The zero-order valence-corrected chi connectivity index (χ0v) is 9.54. The van der Waals surface area contributed by atoms with E-state index in [1.54, 1.807) is 6.20 Å². The fraction of sp³-hybridized carbons (Fsp3) is 0.500. The molecule has 0 unspecified atom stereocenters. The number of aromatic nitrogens is 1. The fourth-order valence-corrected chi connectivity index (χ4v) is 1.90. The predicted octanol–water partition coefficient (Wildman–Crippen LogP) is 1.07. The minimum absolute atomic E-state index is 0.498. The van der Waals surface area contributed by atoms with Gasteiger partial charge in [0.2, 0.25) is 0 Å². The van der Waals surface area contributed by atoms with Crippen molar-refractivity contribution in [2.75, 3.05) is 43.9 Å². The number of piperazine rings is 1. The minimum Gasteiger partial charge on any atom is -0.396 e. The number of nitrogen functional groups attached to an aromatic ring is 1. The van der Waals surface area contributed by atoms with E-state index in [2.05, 4.69) is 21.8 Å². The van der Waals surface area contributed by atoms with Crippen LogP contribution in [0.15, 0.2) is 12.3 Å². The molecule has 0 radical (unpaired) electrons. The molecule has 0 spiro atoms. The summed E-state index contributed by atoms with van der Waals surface area (Å²) in [5.74, 6) is 0. The minimum atomic E-state index is 0.498. The van der Waals surface area contributed by atoms with Crippen LogP contribution in [0.2, 0.25) is 5.15 Å². The van der Waals surface area contributed by atoms with Gasteiger partial charge in [-0.15, -0.1) is 0 Å². The number of anilines is 2. The molecule has 1 saturated heterocycles. The molecule has 15 heavy (non-hydrogen) atoms. The summed E-state index contributed by atoms with van der Waals surface area (Å²) in [7, 11) is 2.13. The van der Waals surface area contributed by atoms with Crippen LogP contribution in [0.1, 0.15) is 0 Å². The Balaban J connectivity index is 2.18. The van der Waals surface area contributed by atoms with Gasteiger partial charge >= 0.3 is 0 Å². The molecule has 0 bridgehead atoms. The Kier molecular flexibility index (Phi) is 2.98. The molecular weight excluding hydrogens is 212 g/mol. The highest BCUT2D eigenvalue weighted by molar-refractivity contribution is 6.29. The van der Waals surface area contributed by atoms with Crippen LogP contribution >= 0.6 is 11.6 Å². The smallest absolute Gasteiger partial charge is 0.131 e. The molecule has 0 aromatic carbocycles. The normalized spacial score (nSPS) is 18.1. The number of halogens is 1. The van der Waals surface area contributed by atoms with Gasteiger partial charge in [-0.1, -0.05) is 11.6 Å². The second kappa shape index (κ2) is 4.24. The van der Waals surface area contributed by atoms with Crippen molar-refractivity contribution in [3.8, 4) is 0 Å². The lowest BCUT2D eigenvalue weighted by atomic mass is 10.2. The lowest BCUT2D eigenvalue weighted by Crippen LogP contribution is -2.44. The van der Waals surface area contributed by atoms with E-state index in [4.69, 9.17) is 17.3 Å². The zero-order valence-electron chi connectivity index (χ0n) is 8.78. The summed E-state index contributed by atoms with van der Waals surface area (Å²) >= 11 is 5.86. The first kappa shape index (κ1) is 10.5. The highest BCUT2D eigenvalue weighted by Gasteiger charge is 2.16. The van der Waals surface area contributed by atoms with E-state index in [1.165, 1.54) is 0 Å². The number of hydrogen-bond acceptors (Lipinski definition) is 4. The fourth-order valence-electron chi connectivity index (χ4n) is 1.75. The van der Waals surface area contributed by atoms with Crippen molar-refractivity contribution in [2.24, 2.45) is 0 Å². The molecule has 4 nitrogen and oxygen atoms in total. The van der Waals surface area contributed by atoms with E-state index in [1.807, 2.05) is 6.07 Å². The van der Waals surface area contributed by atoms with Gasteiger partial charge in [0.25, 0.3) is 0 Å². The van der Waals surface area contributed by atoms with Gasteiger partial charge < -0.3 is 15.5 Å². The van der Waals surface area contributed by atoms with Gasteiger partial charge in [0.15, 0.2) is 0 Å². The molecule has 1 aliphatic heterocycles. The van der Waals surface area contributed by atoms with Crippen LogP contribution in [0, 0.1) is 0 Å². The van der Waals surface area contributed by atoms with Crippen molar-refractivity contribution >= 4 is 23.0 Å². The number of likely N-dealkylation sites (N-methyl/N-ethyl adjacent to an activating group) is 1. The van der Waals surface area contributed by atoms with Crippen molar-refractivity contribution in [2.45, 2.75) is 0 Å². The number of hydrogen-bond donors (Lipinski definition) is 1. The maximum absolute atomic E-state index is 5.88. The van der Waals surface area contributed by atoms with Crippen LogP contribution in [0.5, 0.6) is 0 Å². The van der Waals surface area contributed by atoms with Crippen molar-refractivity contribution in [1.29, 1.82) is 0 Å². The molecule has 0 amide bonds. The summed E-state index contributed by atoms with van der Waals surface area (Å²) in [6.07, 6.45) is 1.62. The molecule has 5 heteroatoms. The molecule has 0 aliphatic carbocycles. The van der Waals surface area contributed by atoms with Crippen molar-refractivity contribution in [3.05, 3.63) is 17.4 Å². The largest absolute Gasteiger partial charge is 0.396 e. The first-order valence-corrected chi connectivity index (χ1v) is 5.39. The van der Waals surface area contributed by atoms with Crippen LogP contribution in [0.3, 0.4) is 0 Å². The molecule has 2 heterocycles. The van der Waals surface area contributed by atoms with Gasteiger partial charge in [0.05, 0.1) is 17.6 Å². The third kappa shape index (κ3) is 2.33. The molecule has 0 saturated carbocycles. The summed E-state index contributed by atoms with van der Waals surface area (Å²) in [6.45, 7) is 4.08. The molecule has 1 aromatic rings. The second-order valence-corrected chi connectivity index (χ2v) is 4.24. The van der Waals surface area contributed by atoms with Crippen LogP contribution in [0.25, 0.3) is 0 Å². The van der Waals surface area contributed by atoms with E-state index >= 15 is 0 Å². The lowest BCUT2D eigenvalue weighted by Gasteiger charge is -2.34. The first-order valence-electron chi connectivity index (χ1n) is 5.01. The molecule has 82 valence electrons. The average Bonchev–Trinajstić information content (AvgIpc) is 2.23. The summed E-state index contributed by atoms with van der Waals surface area (Å²) in [5, 5.41) is 0.498. The van der Waals surface area contributed by atoms with Gasteiger partial charge in [-0.2, -0.15) is 0 Å². The third-order valence-corrected chi connectivity index (χ3v) is 2.93.